The minimum atomic E-state index is 0. The van der Waals surface area contributed by atoms with Crippen molar-refractivity contribution in [3.63, 3.8) is 0 Å². The molecule has 0 aromatic carbocycles. The maximum absolute atomic E-state index is 5.50. The van der Waals surface area contributed by atoms with Gasteiger partial charge in [-0.05, 0) is 36.3 Å². The number of guanidine groups is 1. The smallest absolute Gasteiger partial charge is 0.193 e. The van der Waals surface area contributed by atoms with Gasteiger partial charge in [0.05, 0.1) is 12.9 Å². The molecule has 2 fully saturated rings. The summed E-state index contributed by atoms with van der Waals surface area (Å²) in [6, 6.07) is 3.97. The van der Waals surface area contributed by atoms with E-state index < -0.39 is 0 Å². The van der Waals surface area contributed by atoms with Crippen LogP contribution in [0.1, 0.15) is 39.4 Å². The largest absolute Gasteiger partial charge is 0.469 e. The zero-order valence-corrected chi connectivity index (χ0v) is 18.7. The Morgan fingerprint density at radius 2 is 2.27 bits per heavy atom. The van der Waals surface area contributed by atoms with Crippen LogP contribution >= 0.6 is 24.0 Å². The molecule has 1 aromatic rings. The normalized spacial score (nSPS) is 25.8. The van der Waals surface area contributed by atoms with Crippen molar-refractivity contribution >= 4 is 29.9 Å². The van der Waals surface area contributed by atoms with E-state index in [0.29, 0.717) is 17.3 Å². The number of aliphatic imine (C=N–C) groups is 1. The molecule has 2 unspecified atom stereocenters. The van der Waals surface area contributed by atoms with Gasteiger partial charge in [0.2, 0.25) is 0 Å². The second kappa shape index (κ2) is 9.97. The maximum Gasteiger partial charge on any atom is 0.193 e. The standard InChI is InChI=1S/C20H33N3O2.HI/c1-16-11-20(2,3)15-23(13-16)19(22-12-17-7-10-24-14-17)21-8-6-18-5-4-9-25-18;/h4-5,9,16-17H,6-8,10-15H2,1-3H3,(H,21,22);1H. The second-order valence-corrected chi connectivity index (χ2v) is 8.50. The van der Waals surface area contributed by atoms with Crippen LogP contribution in [-0.2, 0) is 11.2 Å². The molecule has 0 radical (unpaired) electrons. The van der Waals surface area contributed by atoms with Crippen molar-refractivity contribution in [3.05, 3.63) is 24.2 Å². The van der Waals surface area contributed by atoms with Crippen LogP contribution in [0.2, 0.25) is 0 Å². The number of hydrogen-bond acceptors (Lipinski definition) is 3. The highest BCUT2D eigenvalue weighted by Crippen LogP contribution is 2.32. The van der Waals surface area contributed by atoms with Gasteiger partial charge in [0.25, 0.3) is 0 Å². The third-order valence-electron chi connectivity index (χ3n) is 5.11. The monoisotopic (exact) mass is 475 g/mol. The van der Waals surface area contributed by atoms with Crippen LogP contribution in [-0.4, -0.2) is 50.3 Å². The van der Waals surface area contributed by atoms with Gasteiger partial charge in [0.1, 0.15) is 5.76 Å². The Morgan fingerprint density at radius 3 is 2.92 bits per heavy atom. The average molecular weight is 475 g/mol. The summed E-state index contributed by atoms with van der Waals surface area (Å²) in [5.74, 6) is 3.33. The molecule has 2 aliphatic rings. The second-order valence-electron chi connectivity index (χ2n) is 8.50. The van der Waals surface area contributed by atoms with Crippen LogP contribution in [0.5, 0.6) is 0 Å². The number of nitrogens with zero attached hydrogens (tertiary/aromatic N) is 2. The molecule has 2 saturated heterocycles. The Labute approximate surface area is 175 Å². The van der Waals surface area contributed by atoms with E-state index in [1.165, 1.54) is 6.42 Å². The molecule has 5 nitrogen and oxygen atoms in total. The van der Waals surface area contributed by atoms with Crippen molar-refractivity contribution in [1.29, 1.82) is 0 Å². The summed E-state index contributed by atoms with van der Waals surface area (Å²) in [6.07, 6.45) is 5.02. The van der Waals surface area contributed by atoms with E-state index in [1.54, 1.807) is 6.26 Å². The number of nitrogens with one attached hydrogen (secondary N) is 1. The summed E-state index contributed by atoms with van der Waals surface area (Å²) in [5, 5.41) is 3.59. The molecule has 1 N–H and O–H groups in total. The van der Waals surface area contributed by atoms with Crippen molar-refractivity contribution in [2.75, 3.05) is 39.4 Å². The third kappa shape index (κ3) is 6.44. The van der Waals surface area contributed by atoms with Crippen molar-refractivity contribution in [2.45, 2.75) is 40.0 Å². The summed E-state index contributed by atoms with van der Waals surface area (Å²) >= 11 is 0. The number of furan rings is 1. The Bertz CT molecular complexity index is 553. The quantitative estimate of drug-likeness (QED) is 0.400. The van der Waals surface area contributed by atoms with Crippen LogP contribution < -0.4 is 5.32 Å². The van der Waals surface area contributed by atoms with Gasteiger partial charge in [0, 0.05) is 45.1 Å². The fourth-order valence-corrected chi connectivity index (χ4v) is 4.15. The average Bonchev–Trinajstić information content (AvgIpc) is 3.22. The van der Waals surface area contributed by atoms with E-state index in [0.717, 1.165) is 64.0 Å². The van der Waals surface area contributed by atoms with Crippen molar-refractivity contribution < 1.29 is 9.15 Å². The molecular weight excluding hydrogens is 441 g/mol. The van der Waals surface area contributed by atoms with Crippen molar-refractivity contribution in [2.24, 2.45) is 22.2 Å². The molecule has 1 aromatic heterocycles. The van der Waals surface area contributed by atoms with Crippen molar-refractivity contribution in [1.82, 2.24) is 10.2 Å². The first kappa shape index (κ1) is 21.5. The first-order chi connectivity index (χ1) is 12.0. The molecule has 26 heavy (non-hydrogen) atoms. The Balaban J connectivity index is 0.00000243. The molecule has 2 aliphatic heterocycles. The van der Waals surface area contributed by atoms with Gasteiger partial charge in [-0.3, -0.25) is 4.99 Å². The first-order valence-corrected chi connectivity index (χ1v) is 9.65. The lowest BCUT2D eigenvalue weighted by molar-refractivity contribution is 0.129. The molecule has 0 saturated carbocycles. The lowest BCUT2D eigenvalue weighted by Crippen LogP contribution is -2.51. The van der Waals surface area contributed by atoms with Gasteiger partial charge in [-0.25, -0.2) is 0 Å². The molecule has 3 heterocycles. The van der Waals surface area contributed by atoms with Crippen LogP contribution in [0, 0.1) is 17.3 Å². The Morgan fingerprint density at radius 1 is 1.42 bits per heavy atom. The van der Waals surface area contributed by atoms with Crippen LogP contribution in [0.3, 0.4) is 0 Å². The number of hydrogen-bond donors (Lipinski definition) is 1. The van der Waals surface area contributed by atoms with E-state index in [2.05, 4.69) is 31.0 Å². The van der Waals surface area contributed by atoms with Gasteiger partial charge < -0.3 is 19.4 Å². The molecule has 2 atom stereocenters. The highest BCUT2D eigenvalue weighted by molar-refractivity contribution is 14.0. The number of likely N-dealkylation sites (tertiary alicyclic amines) is 1. The maximum atomic E-state index is 5.50. The van der Waals surface area contributed by atoms with Gasteiger partial charge >= 0.3 is 0 Å². The predicted octanol–water partition coefficient (Wildman–Crippen LogP) is 3.79. The fraction of sp³-hybridized carbons (Fsp3) is 0.750. The number of rotatable bonds is 5. The van der Waals surface area contributed by atoms with Gasteiger partial charge in [-0.2, -0.15) is 0 Å². The number of halogens is 1. The Hall–Kier alpha value is -0.760. The lowest BCUT2D eigenvalue weighted by atomic mass is 9.79. The molecule has 0 bridgehead atoms. The van der Waals surface area contributed by atoms with Gasteiger partial charge in [-0.1, -0.05) is 20.8 Å². The summed E-state index contributed by atoms with van der Waals surface area (Å²) in [4.78, 5) is 7.42. The SMILES string of the molecule is CC1CN(C(=NCC2CCOC2)NCCc2ccco2)CC(C)(C)C1.I. The van der Waals surface area contributed by atoms with E-state index in [1.807, 2.05) is 12.1 Å². The summed E-state index contributed by atoms with van der Waals surface area (Å²) in [5.41, 5.74) is 0.331. The van der Waals surface area contributed by atoms with Crippen molar-refractivity contribution in [3.8, 4) is 0 Å². The van der Waals surface area contributed by atoms with E-state index >= 15 is 0 Å². The summed E-state index contributed by atoms with van der Waals surface area (Å²) in [6.45, 7) is 12.6. The molecule has 6 heteroatoms. The van der Waals surface area contributed by atoms with Crippen LogP contribution in [0.15, 0.2) is 27.8 Å². The first-order valence-electron chi connectivity index (χ1n) is 9.65. The number of ether oxygens (including phenoxy) is 1. The molecule has 0 spiro atoms. The molecule has 0 aliphatic carbocycles. The van der Waals surface area contributed by atoms with Crippen LogP contribution in [0.4, 0.5) is 0 Å². The molecule has 3 rings (SSSR count). The zero-order valence-electron chi connectivity index (χ0n) is 16.4. The van der Waals surface area contributed by atoms with Gasteiger partial charge in [-0.15, -0.1) is 24.0 Å². The van der Waals surface area contributed by atoms with E-state index in [-0.39, 0.29) is 24.0 Å². The van der Waals surface area contributed by atoms with E-state index in [4.69, 9.17) is 14.1 Å². The molecular formula is C20H34IN3O2. The fourth-order valence-electron chi connectivity index (χ4n) is 4.15. The van der Waals surface area contributed by atoms with E-state index in [9.17, 15) is 0 Å². The van der Waals surface area contributed by atoms with Gasteiger partial charge in [0.15, 0.2) is 5.96 Å². The summed E-state index contributed by atoms with van der Waals surface area (Å²) < 4.78 is 10.9. The zero-order chi connectivity index (χ0) is 17.7. The minimum Gasteiger partial charge on any atom is -0.469 e. The third-order valence-corrected chi connectivity index (χ3v) is 5.11. The molecule has 148 valence electrons. The molecule has 0 amide bonds. The summed E-state index contributed by atoms with van der Waals surface area (Å²) in [7, 11) is 0. The minimum absolute atomic E-state index is 0. The lowest BCUT2D eigenvalue weighted by Gasteiger charge is -2.43. The van der Waals surface area contributed by atoms with Crippen LogP contribution in [0.25, 0.3) is 0 Å². The number of piperidine rings is 1. The Kier molecular flexibility index (Phi) is 8.26. The predicted molar refractivity (Wildman–Crippen MR) is 116 cm³/mol. The topological polar surface area (TPSA) is 50.0 Å². The highest BCUT2D eigenvalue weighted by Gasteiger charge is 2.32. The highest BCUT2D eigenvalue weighted by atomic mass is 127.